The molecule has 0 aromatic carbocycles. The Bertz CT molecular complexity index is 461. The molecule has 0 bridgehead atoms. The normalized spacial score (nSPS) is 11.8. The van der Waals surface area contributed by atoms with Gasteiger partial charge in [-0.3, -0.25) is 19.8 Å². The molecule has 0 fully saturated rings. The average molecular weight is 270 g/mol. The Balaban J connectivity index is 2.76. The summed E-state index contributed by atoms with van der Waals surface area (Å²) in [5, 5.41) is 19.3. The summed E-state index contributed by atoms with van der Waals surface area (Å²) in [5.41, 5.74) is -0.253. The van der Waals surface area contributed by atoms with E-state index in [2.05, 4.69) is 0 Å². The molecule has 0 unspecified atom stereocenters. The van der Waals surface area contributed by atoms with E-state index in [1.165, 1.54) is 12.1 Å². The van der Waals surface area contributed by atoms with Crippen LogP contribution in [-0.2, 0) is 11.3 Å². The van der Waals surface area contributed by atoms with Crippen LogP contribution in [0.4, 0.5) is 5.88 Å². The summed E-state index contributed by atoms with van der Waals surface area (Å²) in [4.78, 5) is 22.5. The van der Waals surface area contributed by atoms with Gasteiger partial charge in [-0.2, -0.15) is 0 Å². The standard InChI is InChI=1S/C12H18N2O5/c1-12(2,3)13(7-6-11(15)16)8-9-4-5-10(19-9)14(17)18/h4-5H,6-8H2,1-3H3,(H,15,16). The maximum Gasteiger partial charge on any atom is 0.433 e. The van der Waals surface area contributed by atoms with E-state index in [1.54, 1.807) is 0 Å². The van der Waals surface area contributed by atoms with Crippen LogP contribution in [0.1, 0.15) is 33.0 Å². The molecule has 1 aromatic rings. The molecule has 7 nitrogen and oxygen atoms in total. The van der Waals surface area contributed by atoms with Crippen LogP contribution in [0, 0.1) is 10.1 Å². The predicted octanol–water partition coefficient (Wildman–Crippen LogP) is 2.26. The van der Waals surface area contributed by atoms with Crippen molar-refractivity contribution in [3.05, 3.63) is 28.0 Å². The molecule has 0 atom stereocenters. The Kier molecular flexibility index (Phi) is 4.66. The Morgan fingerprint density at radius 1 is 1.47 bits per heavy atom. The second-order valence-corrected chi connectivity index (χ2v) is 5.23. The van der Waals surface area contributed by atoms with Crippen molar-refractivity contribution < 1.29 is 19.2 Å². The van der Waals surface area contributed by atoms with E-state index in [-0.39, 0.29) is 17.8 Å². The first-order chi connectivity index (χ1) is 8.70. The van der Waals surface area contributed by atoms with E-state index in [1.807, 2.05) is 25.7 Å². The molecule has 0 aliphatic heterocycles. The van der Waals surface area contributed by atoms with Crippen molar-refractivity contribution in [3.8, 4) is 0 Å². The minimum atomic E-state index is -0.875. The highest BCUT2D eigenvalue weighted by Crippen LogP contribution is 2.21. The maximum absolute atomic E-state index is 10.6. The third kappa shape index (κ3) is 4.70. The molecule has 106 valence electrons. The van der Waals surface area contributed by atoms with E-state index < -0.39 is 10.9 Å². The molecular formula is C12H18N2O5. The van der Waals surface area contributed by atoms with Crippen molar-refractivity contribution in [2.45, 2.75) is 39.3 Å². The number of carboxylic acids is 1. The van der Waals surface area contributed by atoms with Crippen LogP contribution in [0.15, 0.2) is 16.5 Å². The molecule has 19 heavy (non-hydrogen) atoms. The van der Waals surface area contributed by atoms with E-state index >= 15 is 0 Å². The fraction of sp³-hybridized carbons (Fsp3) is 0.583. The second-order valence-electron chi connectivity index (χ2n) is 5.23. The van der Waals surface area contributed by atoms with Gasteiger partial charge in [-0.25, -0.2) is 0 Å². The summed E-state index contributed by atoms with van der Waals surface area (Å²) < 4.78 is 5.09. The molecule has 1 heterocycles. The number of aliphatic carboxylic acids is 1. The lowest BCUT2D eigenvalue weighted by Crippen LogP contribution is -2.41. The van der Waals surface area contributed by atoms with Gasteiger partial charge in [0.1, 0.15) is 10.7 Å². The number of carbonyl (C=O) groups is 1. The van der Waals surface area contributed by atoms with Crippen molar-refractivity contribution in [2.24, 2.45) is 0 Å². The zero-order valence-electron chi connectivity index (χ0n) is 11.3. The van der Waals surface area contributed by atoms with Gasteiger partial charge < -0.3 is 9.52 Å². The quantitative estimate of drug-likeness (QED) is 0.629. The van der Waals surface area contributed by atoms with Crippen molar-refractivity contribution in [2.75, 3.05) is 6.54 Å². The summed E-state index contributed by atoms with van der Waals surface area (Å²) in [6.07, 6.45) is 0.0140. The molecule has 0 spiro atoms. The highest BCUT2D eigenvalue weighted by molar-refractivity contribution is 5.66. The van der Waals surface area contributed by atoms with Gasteiger partial charge in [-0.15, -0.1) is 0 Å². The molecule has 0 amide bonds. The van der Waals surface area contributed by atoms with Crippen LogP contribution in [0.5, 0.6) is 0 Å². The summed E-state index contributed by atoms with van der Waals surface area (Å²) in [7, 11) is 0. The predicted molar refractivity (Wildman–Crippen MR) is 67.8 cm³/mol. The van der Waals surface area contributed by atoms with Crippen LogP contribution in [-0.4, -0.2) is 33.0 Å². The average Bonchev–Trinajstić information content (AvgIpc) is 2.70. The lowest BCUT2D eigenvalue weighted by Gasteiger charge is -2.34. The first kappa shape index (κ1) is 15.2. The Morgan fingerprint density at radius 2 is 2.11 bits per heavy atom. The molecule has 0 radical (unpaired) electrons. The van der Waals surface area contributed by atoms with Crippen LogP contribution in [0.25, 0.3) is 0 Å². The minimum absolute atomic E-state index is 0.0140. The number of nitro groups is 1. The minimum Gasteiger partial charge on any atom is -0.481 e. The number of nitrogens with zero attached hydrogens (tertiary/aromatic N) is 2. The highest BCUT2D eigenvalue weighted by Gasteiger charge is 2.24. The third-order valence-electron chi connectivity index (χ3n) is 2.72. The van der Waals surface area contributed by atoms with Crippen LogP contribution < -0.4 is 0 Å². The molecule has 0 aliphatic carbocycles. The van der Waals surface area contributed by atoms with Crippen molar-refractivity contribution in [1.82, 2.24) is 4.90 Å². The van der Waals surface area contributed by atoms with Crippen LogP contribution in [0.3, 0.4) is 0 Å². The van der Waals surface area contributed by atoms with Gasteiger partial charge in [0.05, 0.1) is 19.0 Å². The number of hydrogen-bond donors (Lipinski definition) is 1. The van der Waals surface area contributed by atoms with E-state index in [4.69, 9.17) is 9.52 Å². The molecular weight excluding hydrogens is 252 g/mol. The van der Waals surface area contributed by atoms with Gasteiger partial charge in [0.15, 0.2) is 0 Å². The first-order valence-electron chi connectivity index (χ1n) is 5.90. The van der Waals surface area contributed by atoms with Crippen molar-refractivity contribution >= 4 is 11.9 Å². The Labute approximate surface area is 111 Å². The fourth-order valence-corrected chi connectivity index (χ4v) is 1.62. The van der Waals surface area contributed by atoms with E-state index in [0.29, 0.717) is 18.8 Å². The highest BCUT2D eigenvalue weighted by atomic mass is 16.6. The van der Waals surface area contributed by atoms with E-state index in [0.717, 1.165) is 0 Å². The second kappa shape index (κ2) is 5.83. The van der Waals surface area contributed by atoms with Crippen LogP contribution >= 0.6 is 0 Å². The zero-order chi connectivity index (χ0) is 14.6. The zero-order valence-corrected chi connectivity index (χ0v) is 11.3. The van der Waals surface area contributed by atoms with Crippen molar-refractivity contribution in [3.63, 3.8) is 0 Å². The molecule has 0 saturated carbocycles. The Morgan fingerprint density at radius 3 is 2.53 bits per heavy atom. The summed E-state index contributed by atoms with van der Waals surface area (Å²) in [6.45, 7) is 6.54. The summed E-state index contributed by atoms with van der Waals surface area (Å²) in [5.74, 6) is -0.728. The summed E-state index contributed by atoms with van der Waals surface area (Å²) >= 11 is 0. The van der Waals surface area contributed by atoms with Gasteiger partial charge in [0, 0.05) is 12.1 Å². The number of furan rings is 1. The lowest BCUT2D eigenvalue weighted by molar-refractivity contribution is -0.402. The number of carboxylic acid groups (broad SMARTS) is 1. The molecule has 0 saturated heterocycles. The van der Waals surface area contributed by atoms with Gasteiger partial charge >= 0.3 is 11.9 Å². The largest absolute Gasteiger partial charge is 0.481 e. The van der Waals surface area contributed by atoms with Gasteiger partial charge in [-0.1, -0.05) is 0 Å². The Hall–Kier alpha value is -1.89. The number of hydrogen-bond acceptors (Lipinski definition) is 5. The van der Waals surface area contributed by atoms with E-state index in [9.17, 15) is 14.9 Å². The molecule has 1 N–H and O–H groups in total. The first-order valence-corrected chi connectivity index (χ1v) is 5.90. The van der Waals surface area contributed by atoms with Gasteiger partial charge in [0.2, 0.25) is 0 Å². The third-order valence-corrected chi connectivity index (χ3v) is 2.72. The number of rotatable bonds is 6. The molecule has 1 aromatic heterocycles. The summed E-state index contributed by atoms with van der Waals surface area (Å²) in [6, 6.07) is 2.84. The van der Waals surface area contributed by atoms with Crippen molar-refractivity contribution in [1.29, 1.82) is 0 Å². The van der Waals surface area contributed by atoms with Gasteiger partial charge in [0.25, 0.3) is 0 Å². The monoisotopic (exact) mass is 270 g/mol. The molecule has 7 heteroatoms. The maximum atomic E-state index is 10.6. The smallest absolute Gasteiger partial charge is 0.433 e. The van der Waals surface area contributed by atoms with Gasteiger partial charge in [-0.05, 0) is 26.8 Å². The lowest BCUT2D eigenvalue weighted by atomic mass is 10.1. The van der Waals surface area contributed by atoms with Crippen LogP contribution in [0.2, 0.25) is 0 Å². The molecule has 1 rings (SSSR count). The topological polar surface area (TPSA) is 96.8 Å². The SMILES string of the molecule is CC(C)(C)N(CCC(=O)O)Cc1ccc([N+](=O)[O-])o1. The molecule has 0 aliphatic rings. The fourth-order valence-electron chi connectivity index (χ4n) is 1.62.